The summed E-state index contributed by atoms with van der Waals surface area (Å²) >= 11 is 5.28. The summed E-state index contributed by atoms with van der Waals surface area (Å²) in [6.07, 6.45) is -5.21. The van der Waals surface area contributed by atoms with E-state index in [-0.39, 0.29) is 52.6 Å². The van der Waals surface area contributed by atoms with Gasteiger partial charge in [-0.1, -0.05) is 11.8 Å². The van der Waals surface area contributed by atoms with E-state index in [4.69, 9.17) is 21.3 Å². The first-order valence-electron chi connectivity index (χ1n) is 7.96. The molecule has 1 N–H and O–H groups in total. The van der Waals surface area contributed by atoms with Crippen molar-refractivity contribution in [2.24, 2.45) is 0 Å². The van der Waals surface area contributed by atoms with E-state index in [0.29, 0.717) is 4.90 Å². The van der Waals surface area contributed by atoms with Gasteiger partial charge in [0.05, 0.1) is 26.4 Å². The third-order valence-electron chi connectivity index (χ3n) is 4.29. The van der Waals surface area contributed by atoms with Crippen molar-refractivity contribution in [1.29, 1.82) is 0 Å². The van der Waals surface area contributed by atoms with Crippen LogP contribution in [0.25, 0.3) is 0 Å². The van der Waals surface area contributed by atoms with Crippen LogP contribution in [0, 0.1) is 0 Å². The van der Waals surface area contributed by atoms with Crippen molar-refractivity contribution in [2.75, 3.05) is 59.2 Å². The standard InChI is InChI=1S/C13H21F3N3O5PS/c14-12(15,16)11(22)19(9-10(20)21)13(25-26,17-1-5-23-6-2-17)18-3-7-24-8-4-18/h1-9,25H2,(H,20,21). The Morgan fingerprint density at radius 2 is 1.46 bits per heavy atom. The van der Waals surface area contributed by atoms with Gasteiger partial charge in [-0.05, 0) is 7.36 Å². The van der Waals surface area contributed by atoms with Gasteiger partial charge in [0, 0.05) is 26.2 Å². The molecule has 2 aliphatic heterocycles. The first-order valence-corrected chi connectivity index (χ1v) is 10.4. The molecule has 2 aliphatic rings. The fraction of sp³-hybridized carbons (Fsp3) is 0.846. The van der Waals surface area contributed by atoms with Crippen LogP contribution in [0.15, 0.2) is 0 Å². The molecule has 13 heteroatoms. The largest absolute Gasteiger partial charge is 0.480 e. The predicted molar refractivity (Wildman–Crippen MR) is 90.0 cm³/mol. The summed E-state index contributed by atoms with van der Waals surface area (Å²) < 4.78 is 50.3. The highest BCUT2D eigenvalue weighted by Crippen LogP contribution is 2.39. The maximum atomic E-state index is 13.3. The van der Waals surface area contributed by atoms with Crippen LogP contribution in [0.5, 0.6) is 0 Å². The van der Waals surface area contributed by atoms with Gasteiger partial charge in [0.1, 0.15) is 6.54 Å². The number of hydrogen-bond acceptors (Lipinski definition) is 7. The van der Waals surface area contributed by atoms with Gasteiger partial charge in [-0.3, -0.25) is 24.3 Å². The van der Waals surface area contributed by atoms with Gasteiger partial charge >= 0.3 is 18.1 Å². The molecule has 26 heavy (non-hydrogen) atoms. The van der Waals surface area contributed by atoms with Crippen molar-refractivity contribution in [3.8, 4) is 0 Å². The minimum absolute atomic E-state index is 0.252. The Morgan fingerprint density at radius 3 is 1.77 bits per heavy atom. The van der Waals surface area contributed by atoms with E-state index in [1.165, 1.54) is 0 Å². The van der Waals surface area contributed by atoms with Crippen molar-refractivity contribution < 1.29 is 37.3 Å². The summed E-state index contributed by atoms with van der Waals surface area (Å²) in [5.74, 6) is -3.73. The molecule has 8 nitrogen and oxygen atoms in total. The molecule has 1 atom stereocenters. The van der Waals surface area contributed by atoms with Crippen LogP contribution in [-0.4, -0.2) is 103 Å². The van der Waals surface area contributed by atoms with Gasteiger partial charge in [-0.25, -0.2) is 0 Å². The Bertz CT molecular complexity index is 524. The lowest BCUT2D eigenvalue weighted by atomic mass is 10.3. The summed E-state index contributed by atoms with van der Waals surface area (Å²) in [6, 6.07) is 0. The Kier molecular flexibility index (Phi) is 7.40. The summed E-state index contributed by atoms with van der Waals surface area (Å²) in [7, 11) is -1.20. The summed E-state index contributed by atoms with van der Waals surface area (Å²) in [5, 5.41) is 9.18. The van der Waals surface area contributed by atoms with Gasteiger partial charge in [-0.2, -0.15) is 13.2 Å². The summed E-state index contributed by atoms with van der Waals surface area (Å²) in [6.45, 7) is 0.986. The average molecular weight is 419 g/mol. The molecular weight excluding hydrogens is 398 g/mol. The number of amides is 1. The Morgan fingerprint density at radius 1 is 1.04 bits per heavy atom. The molecule has 2 fully saturated rings. The second-order valence-corrected chi connectivity index (χ2v) is 7.50. The van der Waals surface area contributed by atoms with E-state index in [1.807, 2.05) is 0 Å². The molecule has 1 amide bonds. The van der Waals surface area contributed by atoms with Crippen LogP contribution in [0.1, 0.15) is 0 Å². The van der Waals surface area contributed by atoms with Gasteiger partial charge in [0.25, 0.3) is 0 Å². The topological polar surface area (TPSA) is 82.5 Å². The maximum Gasteiger partial charge on any atom is 0.471 e. The molecule has 0 aromatic rings. The SMILES string of the molecule is O=C(O)CN(C(=O)C(F)(F)F)C([PH2]=S)(N1CCOCC1)N1CCOCC1. The van der Waals surface area contributed by atoms with E-state index < -0.39 is 37.5 Å². The van der Waals surface area contributed by atoms with Crippen LogP contribution in [-0.2, 0) is 30.9 Å². The fourth-order valence-corrected chi connectivity index (χ4v) is 5.59. The molecule has 0 bridgehead atoms. The summed E-state index contributed by atoms with van der Waals surface area (Å²) in [4.78, 5) is 27.2. The van der Waals surface area contributed by atoms with E-state index in [1.54, 1.807) is 9.80 Å². The molecule has 2 heterocycles. The number of aliphatic carboxylic acids is 1. The molecule has 1 unspecified atom stereocenters. The van der Waals surface area contributed by atoms with Gasteiger partial charge < -0.3 is 14.6 Å². The van der Waals surface area contributed by atoms with Gasteiger partial charge in [0.2, 0.25) is 0 Å². The van der Waals surface area contributed by atoms with Crippen molar-refractivity contribution in [3.63, 3.8) is 0 Å². The number of carboxylic acids is 1. The van der Waals surface area contributed by atoms with Gasteiger partial charge in [0.15, 0.2) is 5.53 Å². The zero-order valence-electron chi connectivity index (χ0n) is 13.9. The molecule has 0 saturated carbocycles. The van der Waals surface area contributed by atoms with Crippen LogP contribution < -0.4 is 0 Å². The van der Waals surface area contributed by atoms with Crippen LogP contribution in [0.4, 0.5) is 13.2 Å². The van der Waals surface area contributed by atoms with Crippen LogP contribution in [0.3, 0.4) is 0 Å². The smallest absolute Gasteiger partial charge is 0.471 e. The Labute approximate surface area is 154 Å². The monoisotopic (exact) mass is 419 g/mol. The van der Waals surface area contributed by atoms with E-state index >= 15 is 0 Å². The highest BCUT2D eigenvalue weighted by molar-refractivity contribution is 7.97. The molecule has 150 valence electrons. The Hall–Kier alpha value is -0.780. The molecule has 0 spiro atoms. The number of carbonyl (C=O) groups is 2. The van der Waals surface area contributed by atoms with E-state index in [0.717, 1.165) is 0 Å². The molecule has 0 aromatic heterocycles. The number of alkyl halides is 3. The van der Waals surface area contributed by atoms with Crippen molar-refractivity contribution in [3.05, 3.63) is 0 Å². The third kappa shape index (κ3) is 4.55. The lowest BCUT2D eigenvalue weighted by Crippen LogP contribution is -2.72. The highest BCUT2D eigenvalue weighted by Gasteiger charge is 2.55. The number of ether oxygens (including phenoxy) is 2. The normalized spacial score (nSPS) is 21.2. The molecule has 0 aromatic carbocycles. The zero-order valence-corrected chi connectivity index (χ0v) is 15.9. The second kappa shape index (κ2) is 8.94. The Balaban J connectivity index is 2.53. The first kappa shape index (κ1) is 21.5. The predicted octanol–water partition coefficient (Wildman–Crippen LogP) is -0.390. The van der Waals surface area contributed by atoms with Crippen LogP contribution in [0.2, 0.25) is 0 Å². The second-order valence-electron chi connectivity index (χ2n) is 5.79. The van der Waals surface area contributed by atoms with Crippen LogP contribution >= 0.6 is 7.36 Å². The lowest BCUT2D eigenvalue weighted by Gasteiger charge is -2.55. The van der Waals surface area contributed by atoms with Crippen molar-refractivity contribution in [2.45, 2.75) is 11.7 Å². The molecule has 0 radical (unpaired) electrons. The molecule has 2 saturated heterocycles. The number of hydrogen-bond donors (Lipinski definition) is 1. The quantitative estimate of drug-likeness (QED) is 0.583. The molecular formula is C13H21F3N3O5PS. The number of halogens is 3. The zero-order chi connectivity index (χ0) is 19.4. The lowest BCUT2D eigenvalue weighted by molar-refractivity contribution is -0.212. The maximum absolute atomic E-state index is 13.3. The first-order chi connectivity index (χ1) is 12.2. The number of nitrogens with zero attached hydrogens (tertiary/aromatic N) is 3. The minimum atomic E-state index is -5.21. The number of carboxylic acid groups (broad SMARTS) is 1. The molecule has 0 aliphatic carbocycles. The average Bonchev–Trinajstić information content (AvgIpc) is 2.62. The fourth-order valence-electron chi connectivity index (χ4n) is 3.16. The van der Waals surface area contributed by atoms with Crippen molar-refractivity contribution >= 4 is 31.0 Å². The number of morpholine rings is 2. The van der Waals surface area contributed by atoms with Crippen molar-refractivity contribution in [1.82, 2.24) is 14.7 Å². The van der Waals surface area contributed by atoms with E-state index in [9.17, 15) is 27.9 Å². The van der Waals surface area contributed by atoms with E-state index in [2.05, 4.69) is 0 Å². The third-order valence-corrected chi connectivity index (χ3v) is 6.60. The minimum Gasteiger partial charge on any atom is -0.480 e. The number of carbonyl (C=O) groups excluding carboxylic acids is 1. The number of rotatable bonds is 6. The highest BCUT2D eigenvalue weighted by atomic mass is 32.4. The molecule has 2 rings (SSSR count). The summed E-state index contributed by atoms with van der Waals surface area (Å²) in [5.41, 5.74) is -1.60. The van der Waals surface area contributed by atoms with Gasteiger partial charge in [-0.15, -0.1) is 0 Å².